The van der Waals surface area contributed by atoms with Gasteiger partial charge in [-0.1, -0.05) is 18.2 Å². The van der Waals surface area contributed by atoms with E-state index in [4.69, 9.17) is 5.26 Å². The molecule has 1 amide bonds. The maximum absolute atomic E-state index is 11.6. The van der Waals surface area contributed by atoms with Crippen LogP contribution in [0.15, 0.2) is 24.3 Å². The molecule has 1 aromatic rings. The fourth-order valence-electron chi connectivity index (χ4n) is 2.09. The monoisotopic (exact) mass is 229 g/mol. The van der Waals surface area contributed by atoms with E-state index in [9.17, 15) is 4.79 Å². The molecule has 0 aliphatic carbocycles. The molecule has 0 fully saturated rings. The number of nitriles is 1. The Balaban J connectivity index is 1.89. The number of nitrogens with one attached hydrogen (secondary N) is 2. The highest BCUT2D eigenvalue weighted by Gasteiger charge is 2.23. The number of rotatable bonds is 4. The van der Waals surface area contributed by atoms with Gasteiger partial charge in [0.15, 0.2) is 0 Å². The maximum atomic E-state index is 11.6. The van der Waals surface area contributed by atoms with E-state index in [0.717, 1.165) is 12.2 Å². The van der Waals surface area contributed by atoms with Crippen LogP contribution in [0.1, 0.15) is 24.3 Å². The van der Waals surface area contributed by atoms with Gasteiger partial charge in [0.05, 0.1) is 12.5 Å². The van der Waals surface area contributed by atoms with E-state index in [-0.39, 0.29) is 11.8 Å². The maximum Gasteiger partial charge on any atom is 0.220 e. The molecule has 1 heterocycles. The van der Waals surface area contributed by atoms with E-state index < -0.39 is 0 Å². The molecule has 2 rings (SSSR count). The summed E-state index contributed by atoms with van der Waals surface area (Å²) in [6, 6.07) is 10.1. The Labute approximate surface area is 101 Å². The molecule has 17 heavy (non-hydrogen) atoms. The summed E-state index contributed by atoms with van der Waals surface area (Å²) in [6.45, 7) is 1.25. The van der Waals surface area contributed by atoms with E-state index >= 15 is 0 Å². The number of carbonyl (C=O) groups is 1. The SMILES string of the molecule is N#CCCNC(=O)CC1CNc2ccccc21. The number of hydrogen-bond acceptors (Lipinski definition) is 3. The number of carbonyl (C=O) groups excluding carboxylic acids is 1. The fraction of sp³-hybridized carbons (Fsp3) is 0.385. The van der Waals surface area contributed by atoms with Gasteiger partial charge in [-0.3, -0.25) is 4.79 Å². The van der Waals surface area contributed by atoms with Crippen molar-refractivity contribution < 1.29 is 4.79 Å². The Morgan fingerprint density at radius 3 is 3.18 bits per heavy atom. The lowest BCUT2D eigenvalue weighted by atomic mass is 9.97. The van der Waals surface area contributed by atoms with Gasteiger partial charge >= 0.3 is 0 Å². The minimum absolute atomic E-state index is 0.0174. The van der Waals surface area contributed by atoms with Crippen molar-refractivity contribution in [3.63, 3.8) is 0 Å². The number of amides is 1. The molecule has 0 radical (unpaired) electrons. The minimum atomic E-state index is 0.0174. The smallest absolute Gasteiger partial charge is 0.220 e. The number of anilines is 1. The molecule has 1 unspecified atom stereocenters. The highest BCUT2D eigenvalue weighted by atomic mass is 16.1. The average Bonchev–Trinajstić information content (AvgIpc) is 2.73. The first-order valence-electron chi connectivity index (χ1n) is 5.77. The Kier molecular flexibility index (Phi) is 3.61. The molecule has 2 N–H and O–H groups in total. The Morgan fingerprint density at radius 2 is 2.35 bits per heavy atom. The van der Waals surface area contributed by atoms with Crippen LogP contribution in [-0.2, 0) is 4.79 Å². The summed E-state index contributed by atoms with van der Waals surface area (Å²) in [4.78, 5) is 11.6. The molecule has 1 aromatic carbocycles. The summed E-state index contributed by atoms with van der Waals surface area (Å²) >= 11 is 0. The van der Waals surface area contributed by atoms with Crippen molar-refractivity contribution in [2.45, 2.75) is 18.8 Å². The van der Waals surface area contributed by atoms with Gasteiger partial charge in [-0.05, 0) is 11.6 Å². The van der Waals surface area contributed by atoms with Crippen molar-refractivity contribution in [2.24, 2.45) is 0 Å². The van der Waals surface area contributed by atoms with Crippen molar-refractivity contribution in [3.8, 4) is 6.07 Å². The van der Waals surface area contributed by atoms with Crippen molar-refractivity contribution in [1.29, 1.82) is 5.26 Å². The second-order valence-corrected chi connectivity index (χ2v) is 4.13. The molecule has 0 spiro atoms. The van der Waals surface area contributed by atoms with Crippen LogP contribution in [-0.4, -0.2) is 19.0 Å². The largest absolute Gasteiger partial charge is 0.384 e. The van der Waals surface area contributed by atoms with Crippen molar-refractivity contribution in [2.75, 3.05) is 18.4 Å². The van der Waals surface area contributed by atoms with Gasteiger partial charge in [-0.2, -0.15) is 5.26 Å². The first-order chi connectivity index (χ1) is 8.31. The van der Waals surface area contributed by atoms with Gasteiger partial charge in [0.2, 0.25) is 5.91 Å². The third kappa shape index (κ3) is 2.76. The van der Waals surface area contributed by atoms with Crippen LogP contribution < -0.4 is 10.6 Å². The van der Waals surface area contributed by atoms with Crippen LogP contribution in [0, 0.1) is 11.3 Å². The first-order valence-corrected chi connectivity index (χ1v) is 5.77. The van der Waals surface area contributed by atoms with Gasteiger partial charge < -0.3 is 10.6 Å². The molecule has 88 valence electrons. The van der Waals surface area contributed by atoms with E-state index in [1.807, 2.05) is 24.3 Å². The third-order valence-electron chi connectivity index (χ3n) is 2.93. The zero-order valence-corrected chi connectivity index (χ0v) is 9.57. The molecule has 0 aromatic heterocycles. The second-order valence-electron chi connectivity index (χ2n) is 4.13. The average molecular weight is 229 g/mol. The molecule has 1 atom stereocenters. The molecule has 1 aliphatic heterocycles. The van der Waals surface area contributed by atoms with E-state index in [1.54, 1.807) is 0 Å². The van der Waals surface area contributed by atoms with Crippen LogP contribution >= 0.6 is 0 Å². The van der Waals surface area contributed by atoms with Gasteiger partial charge in [-0.15, -0.1) is 0 Å². The van der Waals surface area contributed by atoms with Crippen LogP contribution in [0.25, 0.3) is 0 Å². The quantitative estimate of drug-likeness (QED) is 0.771. The summed E-state index contributed by atoms with van der Waals surface area (Å²) in [5.74, 6) is 0.261. The lowest BCUT2D eigenvalue weighted by molar-refractivity contribution is -0.121. The molecule has 1 aliphatic rings. The van der Waals surface area contributed by atoms with Gasteiger partial charge in [0, 0.05) is 31.1 Å². The van der Waals surface area contributed by atoms with Crippen LogP contribution in [0.3, 0.4) is 0 Å². The summed E-state index contributed by atoms with van der Waals surface area (Å²) < 4.78 is 0. The lowest BCUT2D eigenvalue weighted by Gasteiger charge is -2.09. The number of benzene rings is 1. The highest BCUT2D eigenvalue weighted by molar-refractivity contribution is 5.78. The molecule has 4 nitrogen and oxygen atoms in total. The number of fused-ring (bicyclic) bond motifs is 1. The highest BCUT2D eigenvalue weighted by Crippen LogP contribution is 2.32. The molecule has 4 heteroatoms. The van der Waals surface area contributed by atoms with Gasteiger partial charge in [-0.25, -0.2) is 0 Å². The zero-order chi connectivity index (χ0) is 12.1. The van der Waals surface area contributed by atoms with Gasteiger partial charge in [0.1, 0.15) is 0 Å². The molecule has 0 saturated heterocycles. The van der Waals surface area contributed by atoms with Crippen LogP contribution in [0.4, 0.5) is 5.69 Å². The summed E-state index contributed by atoms with van der Waals surface area (Å²) in [5.41, 5.74) is 2.34. The zero-order valence-electron chi connectivity index (χ0n) is 9.57. The number of nitrogens with zero attached hydrogens (tertiary/aromatic N) is 1. The number of para-hydroxylation sites is 1. The summed E-state index contributed by atoms with van der Waals surface area (Å²) in [5, 5.41) is 14.4. The Bertz CT molecular complexity index is 450. The summed E-state index contributed by atoms with van der Waals surface area (Å²) in [7, 11) is 0. The fourth-order valence-corrected chi connectivity index (χ4v) is 2.09. The molecular weight excluding hydrogens is 214 g/mol. The Morgan fingerprint density at radius 1 is 1.53 bits per heavy atom. The standard InChI is InChI=1S/C13H15N3O/c14-6-3-7-15-13(17)8-10-9-16-12-5-2-1-4-11(10)12/h1-2,4-5,10,16H,3,7-9H2,(H,15,17). The van der Waals surface area contributed by atoms with Crippen molar-refractivity contribution in [1.82, 2.24) is 5.32 Å². The van der Waals surface area contributed by atoms with Crippen molar-refractivity contribution in [3.05, 3.63) is 29.8 Å². The van der Waals surface area contributed by atoms with E-state index in [0.29, 0.717) is 19.4 Å². The first kappa shape index (κ1) is 11.5. The predicted octanol–water partition coefficient (Wildman–Crippen LogP) is 1.62. The van der Waals surface area contributed by atoms with Gasteiger partial charge in [0.25, 0.3) is 0 Å². The lowest BCUT2D eigenvalue weighted by Crippen LogP contribution is -2.26. The molecule has 0 saturated carbocycles. The van der Waals surface area contributed by atoms with Crippen molar-refractivity contribution >= 4 is 11.6 Å². The topological polar surface area (TPSA) is 64.9 Å². The van der Waals surface area contributed by atoms with Crippen LogP contribution in [0.2, 0.25) is 0 Å². The normalized spacial score (nSPS) is 16.8. The second kappa shape index (κ2) is 5.35. The third-order valence-corrected chi connectivity index (χ3v) is 2.93. The minimum Gasteiger partial charge on any atom is -0.384 e. The Hall–Kier alpha value is -2.02. The summed E-state index contributed by atoms with van der Waals surface area (Å²) in [6.07, 6.45) is 0.848. The predicted molar refractivity (Wildman–Crippen MR) is 65.5 cm³/mol. The molecule has 0 bridgehead atoms. The van der Waals surface area contributed by atoms with Crippen LogP contribution in [0.5, 0.6) is 0 Å². The molecular formula is C13H15N3O. The van der Waals surface area contributed by atoms with E-state index in [2.05, 4.69) is 16.7 Å². The van der Waals surface area contributed by atoms with E-state index in [1.165, 1.54) is 5.56 Å². The number of hydrogen-bond donors (Lipinski definition) is 2.